The van der Waals surface area contributed by atoms with Crippen molar-refractivity contribution in [3.8, 4) is 0 Å². The zero-order valence-electron chi connectivity index (χ0n) is 17.1. The van der Waals surface area contributed by atoms with Gasteiger partial charge in [-0.25, -0.2) is 4.98 Å². The molecule has 1 saturated carbocycles. The maximum Gasteiger partial charge on any atom is 0.262 e. The summed E-state index contributed by atoms with van der Waals surface area (Å²) in [7, 11) is 0. The number of carbonyl (C=O) groups is 1. The first-order valence-corrected chi connectivity index (χ1v) is 11.4. The molecule has 2 aliphatic rings. The van der Waals surface area contributed by atoms with Gasteiger partial charge in [0.05, 0.1) is 10.3 Å². The largest absolute Gasteiger partial charge is 0.349 e. The SMILES string of the molecule is CCC(C)N1CCc2nc3sc(C(=O)NC4CCCC4)c(C)c3c(=O)n2CC1. The summed E-state index contributed by atoms with van der Waals surface area (Å²) in [4.78, 5) is 34.7. The standard InChI is InChI=1S/C21H30N4O2S/c1-4-13(2)24-10-9-16-23-20-17(21(27)25(16)12-11-24)14(3)18(28-20)19(26)22-15-7-5-6-8-15/h13,15H,4-12H2,1-3H3,(H,22,26). The Hall–Kier alpha value is -1.73. The van der Waals surface area contributed by atoms with Crippen molar-refractivity contribution in [2.75, 3.05) is 13.1 Å². The quantitative estimate of drug-likeness (QED) is 0.853. The number of hydrogen-bond donors (Lipinski definition) is 1. The van der Waals surface area contributed by atoms with Crippen LogP contribution in [-0.2, 0) is 13.0 Å². The molecule has 7 heteroatoms. The van der Waals surface area contributed by atoms with Crippen molar-refractivity contribution in [1.82, 2.24) is 19.8 Å². The first-order valence-electron chi connectivity index (χ1n) is 10.6. The Labute approximate surface area is 169 Å². The van der Waals surface area contributed by atoms with Crippen LogP contribution < -0.4 is 10.9 Å². The molecule has 28 heavy (non-hydrogen) atoms. The Bertz CT molecular complexity index is 942. The second-order valence-corrected chi connectivity index (χ2v) is 9.22. The molecule has 0 spiro atoms. The van der Waals surface area contributed by atoms with Crippen molar-refractivity contribution in [2.24, 2.45) is 0 Å². The Kier molecular flexibility index (Phi) is 5.56. The average molecular weight is 403 g/mol. The molecule has 2 aromatic rings. The summed E-state index contributed by atoms with van der Waals surface area (Å²) in [5.74, 6) is 0.808. The van der Waals surface area contributed by atoms with E-state index in [2.05, 4.69) is 24.1 Å². The van der Waals surface area contributed by atoms with Crippen LogP contribution in [0.2, 0.25) is 0 Å². The molecule has 0 bridgehead atoms. The fourth-order valence-corrected chi connectivity index (χ4v) is 5.59. The van der Waals surface area contributed by atoms with Crippen LogP contribution >= 0.6 is 11.3 Å². The molecule has 152 valence electrons. The van der Waals surface area contributed by atoms with Gasteiger partial charge in [0.15, 0.2) is 0 Å². The molecule has 0 aromatic carbocycles. The highest BCUT2D eigenvalue weighted by molar-refractivity contribution is 7.20. The van der Waals surface area contributed by atoms with Crippen molar-refractivity contribution >= 4 is 27.5 Å². The van der Waals surface area contributed by atoms with Crippen LogP contribution in [0.15, 0.2) is 4.79 Å². The highest BCUT2D eigenvalue weighted by Crippen LogP contribution is 2.29. The minimum absolute atomic E-state index is 0.0136. The van der Waals surface area contributed by atoms with Crippen LogP contribution in [0.4, 0.5) is 0 Å². The molecule has 4 rings (SSSR count). The van der Waals surface area contributed by atoms with Gasteiger partial charge in [0.2, 0.25) is 0 Å². The molecule has 1 aliphatic heterocycles. The number of thiophene rings is 1. The van der Waals surface area contributed by atoms with Crippen molar-refractivity contribution in [3.63, 3.8) is 0 Å². The van der Waals surface area contributed by atoms with Gasteiger partial charge in [-0.3, -0.25) is 19.1 Å². The summed E-state index contributed by atoms with van der Waals surface area (Å²) in [5.41, 5.74) is 0.797. The zero-order chi connectivity index (χ0) is 19.8. The summed E-state index contributed by atoms with van der Waals surface area (Å²) in [6.45, 7) is 8.79. The van der Waals surface area contributed by atoms with Crippen LogP contribution in [0.25, 0.3) is 10.2 Å². The van der Waals surface area contributed by atoms with E-state index in [1.165, 1.54) is 24.2 Å². The Morgan fingerprint density at radius 1 is 1.29 bits per heavy atom. The number of nitrogens with one attached hydrogen (secondary N) is 1. The predicted molar refractivity (Wildman–Crippen MR) is 113 cm³/mol. The molecule has 1 aliphatic carbocycles. The van der Waals surface area contributed by atoms with Crippen LogP contribution in [0.1, 0.15) is 67.0 Å². The number of fused-ring (bicyclic) bond motifs is 2. The molecule has 1 amide bonds. The topological polar surface area (TPSA) is 67.2 Å². The minimum Gasteiger partial charge on any atom is -0.349 e. The maximum atomic E-state index is 13.3. The number of aryl methyl sites for hydroxylation is 1. The van der Waals surface area contributed by atoms with E-state index in [4.69, 9.17) is 4.98 Å². The minimum atomic E-state index is -0.0464. The molecule has 1 atom stereocenters. The highest BCUT2D eigenvalue weighted by atomic mass is 32.1. The molecule has 0 saturated heterocycles. The van der Waals surface area contributed by atoms with Gasteiger partial charge < -0.3 is 5.32 Å². The molecule has 3 heterocycles. The number of amides is 1. The van der Waals surface area contributed by atoms with Crippen LogP contribution in [0.5, 0.6) is 0 Å². The second kappa shape index (κ2) is 7.95. The smallest absolute Gasteiger partial charge is 0.262 e. The first-order chi connectivity index (χ1) is 13.5. The summed E-state index contributed by atoms with van der Waals surface area (Å²) in [5, 5.41) is 3.78. The Morgan fingerprint density at radius 3 is 2.75 bits per heavy atom. The zero-order valence-corrected chi connectivity index (χ0v) is 17.9. The van der Waals surface area contributed by atoms with E-state index in [9.17, 15) is 9.59 Å². The second-order valence-electron chi connectivity index (χ2n) is 8.22. The lowest BCUT2D eigenvalue weighted by Crippen LogP contribution is -2.35. The lowest BCUT2D eigenvalue weighted by atomic mass is 10.2. The van der Waals surface area contributed by atoms with Gasteiger partial charge in [0, 0.05) is 38.1 Å². The third-order valence-electron chi connectivity index (χ3n) is 6.47. The number of rotatable bonds is 4. The lowest BCUT2D eigenvalue weighted by molar-refractivity contribution is 0.0941. The van der Waals surface area contributed by atoms with Gasteiger partial charge >= 0.3 is 0 Å². The van der Waals surface area contributed by atoms with Crippen molar-refractivity contribution in [1.29, 1.82) is 0 Å². The van der Waals surface area contributed by atoms with Gasteiger partial charge in [0.1, 0.15) is 10.7 Å². The third kappa shape index (κ3) is 3.50. The molecule has 1 unspecified atom stereocenters. The van der Waals surface area contributed by atoms with E-state index >= 15 is 0 Å². The fourth-order valence-electron chi connectivity index (χ4n) is 4.50. The normalized spacial score (nSPS) is 19.5. The number of nitrogens with zero attached hydrogens (tertiary/aromatic N) is 3. The molecular formula is C21H30N4O2S. The number of aromatic nitrogens is 2. The van der Waals surface area contributed by atoms with E-state index in [1.807, 2.05) is 11.5 Å². The molecule has 1 N–H and O–H groups in total. The molecule has 6 nitrogen and oxygen atoms in total. The predicted octanol–water partition coefficient (Wildman–Crippen LogP) is 3.10. The number of hydrogen-bond acceptors (Lipinski definition) is 5. The van der Waals surface area contributed by atoms with Crippen molar-refractivity contribution < 1.29 is 4.79 Å². The average Bonchev–Trinajstić information content (AvgIpc) is 3.24. The lowest BCUT2D eigenvalue weighted by Gasteiger charge is -2.25. The van der Waals surface area contributed by atoms with Crippen LogP contribution in [0, 0.1) is 6.92 Å². The maximum absolute atomic E-state index is 13.3. The molecule has 1 fully saturated rings. The van der Waals surface area contributed by atoms with E-state index in [0.29, 0.717) is 27.7 Å². The van der Waals surface area contributed by atoms with Crippen LogP contribution in [0.3, 0.4) is 0 Å². The van der Waals surface area contributed by atoms with Gasteiger partial charge in [0.25, 0.3) is 11.5 Å². The van der Waals surface area contributed by atoms with E-state index < -0.39 is 0 Å². The monoisotopic (exact) mass is 402 g/mol. The third-order valence-corrected chi connectivity index (χ3v) is 7.66. The summed E-state index contributed by atoms with van der Waals surface area (Å²) < 4.78 is 1.84. The molecular weight excluding hydrogens is 372 g/mol. The highest BCUT2D eigenvalue weighted by Gasteiger charge is 2.26. The first kappa shape index (κ1) is 19.6. The molecule has 0 radical (unpaired) electrons. The van der Waals surface area contributed by atoms with Gasteiger partial charge in [-0.15, -0.1) is 11.3 Å². The van der Waals surface area contributed by atoms with E-state index in [0.717, 1.165) is 50.2 Å². The van der Waals surface area contributed by atoms with Gasteiger partial charge in [-0.2, -0.15) is 0 Å². The summed E-state index contributed by atoms with van der Waals surface area (Å²) >= 11 is 1.37. The van der Waals surface area contributed by atoms with E-state index in [-0.39, 0.29) is 17.5 Å². The van der Waals surface area contributed by atoms with Crippen LogP contribution in [-0.4, -0.2) is 45.5 Å². The van der Waals surface area contributed by atoms with Crippen molar-refractivity contribution in [2.45, 2.75) is 77.9 Å². The summed E-state index contributed by atoms with van der Waals surface area (Å²) in [6.07, 6.45) is 6.34. The Morgan fingerprint density at radius 2 is 2.04 bits per heavy atom. The number of carbonyl (C=O) groups excluding carboxylic acids is 1. The van der Waals surface area contributed by atoms with E-state index in [1.54, 1.807) is 0 Å². The van der Waals surface area contributed by atoms with Gasteiger partial charge in [-0.05, 0) is 38.7 Å². The molecule has 2 aromatic heterocycles. The Balaban J connectivity index is 1.66. The van der Waals surface area contributed by atoms with Crippen molar-refractivity contribution in [3.05, 3.63) is 26.6 Å². The summed E-state index contributed by atoms with van der Waals surface area (Å²) in [6, 6.07) is 0.785. The van der Waals surface area contributed by atoms with Gasteiger partial charge in [-0.1, -0.05) is 19.8 Å². The fraction of sp³-hybridized carbons (Fsp3) is 0.667.